The maximum Gasteiger partial charge on any atom is 0.0964 e. The highest BCUT2D eigenvalue weighted by Crippen LogP contribution is 2.48. The molecule has 2 fully saturated rings. The van der Waals surface area contributed by atoms with E-state index in [9.17, 15) is 5.11 Å². The van der Waals surface area contributed by atoms with Crippen molar-refractivity contribution in [1.82, 2.24) is 20.3 Å². The largest absolute Gasteiger partial charge is 0.392 e. The molecule has 2 atom stereocenters. The summed E-state index contributed by atoms with van der Waals surface area (Å²) >= 11 is 0. The van der Waals surface area contributed by atoms with Crippen molar-refractivity contribution in [3.63, 3.8) is 0 Å². The average molecular weight is 266 g/mol. The van der Waals surface area contributed by atoms with Crippen LogP contribution in [0.4, 0.5) is 0 Å². The smallest absolute Gasteiger partial charge is 0.0964 e. The van der Waals surface area contributed by atoms with Gasteiger partial charge in [0.05, 0.1) is 11.8 Å². The average Bonchev–Trinajstić information content (AvgIpc) is 2.92. The lowest BCUT2D eigenvalue weighted by atomic mass is 9.58. The van der Waals surface area contributed by atoms with E-state index in [1.807, 2.05) is 17.8 Å². The highest BCUT2D eigenvalue weighted by molar-refractivity contribution is 5.08. The first-order valence-corrected chi connectivity index (χ1v) is 7.13. The summed E-state index contributed by atoms with van der Waals surface area (Å²) in [5, 5.41) is 21.8. The molecule has 0 unspecified atom stereocenters. The van der Waals surface area contributed by atoms with E-state index in [2.05, 4.69) is 15.6 Å². The van der Waals surface area contributed by atoms with Crippen LogP contribution in [-0.2, 0) is 17.8 Å². The minimum absolute atomic E-state index is 0.0268. The number of aryl methyl sites for hydroxylation is 1. The van der Waals surface area contributed by atoms with E-state index in [0.717, 1.165) is 51.3 Å². The fourth-order valence-corrected chi connectivity index (χ4v) is 3.29. The Morgan fingerprint density at radius 3 is 2.95 bits per heavy atom. The third-order valence-corrected chi connectivity index (χ3v) is 4.68. The van der Waals surface area contributed by atoms with Gasteiger partial charge in [0.1, 0.15) is 0 Å². The number of hydrogen-bond acceptors (Lipinski definition) is 5. The number of aliphatic hydroxyl groups is 1. The van der Waals surface area contributed by atoms with Crippen LogP contribution in [0.2, 0.25) is 0 Å². The van der Waals surface area contributed by atoms with E-state index in [0.29, 0.717) is 6.04 Å². The summed E-state index contributed by atoms with van der Waals surface area (Å²) in [6.07, 6.45) is 4.53. The molecule has 19 heavy (non-hydrogen) atoms. The SMILES string of the molecule is CCn1cc(CN[C@@H]2C[C@@H](O)C23CCOCC3)nn1. The Kier molecular flexibility index (Phi) is 3.56. The van der Waals surface area contributed by atoms with Gasteiger partial charge in [0.2, 0.25) is 0 Å². The number of rotatable bonds is 4. The van der Waals surface area contributed by atoms with Crippen molar-refractivity contribution in [3.8, 4) is 0 Å². The third-order valence-electron chi connectivity index (χ3n) is 4.68. The second-order valence-corrected chi connectivity index (χ2v) is 5.60. The van der Waals surface area contributed by atoms with Crippen molar-refractivity contribution in [2.24, 2.45) is 5.41 Å². The summed E-state index contributed by atoms with van der Waals surface area (Å²) in [4.78, 5) is 0. The number of aliphatic hydroxyl groups excluding tert-OH is 1. The van der Waals surface area contributed by atoms with Gasteiger partial charge in [0.25, 0.3) is 0 Å². The first-order chi connectivity index (χ1) is 9.24. The minimum Gasteiger partial charge on any atom is -0.392 e. The standard InChI is InChI=1S/C13H22N4O2/c1-2-17-9-10(15-16-17)8-14-11-7-12(18)13(11)3-5-19-6-4-13/h9,11-12,14,18H,2-8H2,1H3/t11-,12-/m1/s1. The van der Waals surface area contributed by atoms with Gasteiger partial charge in [-0.2, -0.15) is 0 Å². The number of hydrogen-bond donors (Lipinski definition) is 2. The molecule has 0 amide bonds. The maximum absolute atomic E-state index is 10.1. The van der Waals surface area contributed by atoms with Gasteiger partial charge in [0.15, 0.2) is 0 Å². The topological polar surface area (TPSA) is 72.2 Å². The molecule has 106 valence electrons. The van der Waals surface area contributed by atoms with Crippen LogP contribution in [0.15, 0.2) is 6.20 Å². The molecule has 1 aromatic heterocycles. The number of aromatic nitrogens is 3. The van der Waals surface area contributed by atoms with Crippen LogP contribution in [0.25, 0.3) is 0 Å². The molecule has 2 heterocycles. The van der Waals surface area contributed by atoms with Gasteiger partial charge in [0, 0.05) is 44.0 Å². The first-order valence-electron chi connectivity index (χ1n) is 7.13. The maximum atomic E-state index is 10.1. The van der Waals surface area contributed by atoms with Crippen LogP contribution in [0.1, 0.15) is 31.9 Å². The summed E-state index contributed by atoms with van der Waals surface area (Å²) < 4.78 is 7.24. The van der Waals surface area contributed by atoms with Gasteiger partial charge in [-0.1, -0.05) is 5.21 Å². The predicted octanol–water partition coefficient (Wildman–Crippen LogP) is 0.318. The summed E-state index contributed by atoms with van der Waals surface area (Å²) in [6, 6.07) is 0.373. The summed E-state index contributed by atoms with van der Waals surface area (Å²) in [5.74, 6) is 0. The molecule has 0 radical (unpaired) electrons. The highest BCUT2D eigenvalue weighted by Gasteiger charge is 2.54. The Labute approximate surface area is 113 Å². The van der Waals surface area contributed by atoms with Crippen LogP contribution >= 0.6 is 0 Å². The summed E-state index contributed by atoms with van der Waals surface area (Å²) in [6.45, 7) is 5.14. The Hall–Kier alpha value is -0.980. The number of ether oxygens (including phenoxy) is 1. The quantitative estimate of drug-likeness (QED) is 0.821. The van der Waals surface area contributed by atoms with E-state index in [1.54, 1.807) is 0 Å². The van der Waals surface area contributed by atoms with Crippen LogP contribution in [0, 0.1) is 5.41 Å². The molecule has 0 aromatic carbocycles. The zero-order valence-corrected chi connectivity index (χ0v) is 11.4. The van der Waals surface area contributed by atoms with Gasteiger partial charge in [-0.25, -0.2) is 0 Å². The van der Waals surface area contributed by atoms with Crippen molar-refractivity contribution in [3.05, 3.63) is 11.9 Å². The Morgan fingerprint density at radius 1 is 1.53 bits per heavy atom. The molecule has 0 bridgehead atoms. The number of nitrogens with zero attached hydrogens (tertiary/aromatic N) is 3. The van der Waals surface area contributed by atoms with Gasteiger partial charge < -0.3 is 15.2 Å². The van der Waals surface area contributed by atoms with Crippen molar-refractivity contribution >= 4 is 0 Å². The number of nitrogens with one attached hydrogen (secondary N) is 1. The summed E-state index contributed by atoms with van der Waals surface area (Å²) in [7, 11) is 0. The van der Waals surface area contributed by atoms with E-state index in [1.165, 1.54) is 0 Å². The first kappa shape index (κ1) is 13.0. The Balaban J connectivity index is 1.58. The molecule has 1 saturated heterocycles. The van der Waals surface area contributed by atoms with Gasteiger partial charge in [-0.3, -0.25) is 4.68 Å². The second-order valence-electron chi connectivity index (χ2n) is 5.60. The lowest BCUT2D eigenvalue weighted by Crippen LogP contribution is -2.64. The van der Waals surface area contributed by atoms with Gasteiger partial charge in [-0.15, -0.1) is 5.10 Å². The molecule has 1 saturated carbocycles. The summed E-state index contributed by atoms with van der Waals surface area (Å²) in [5.41, 5.74) is 0.990. The van der Waals surface area contributed by atoms with Crippen molar-refractivity contribution in [2.75, 3.05) is 13.2 Å². The third kappa shape index (κ3) is 2.28. The Bertz CT molecular complexity index is 428. The van der Waals surface area contributed by atoms with Gasteiger partial charge in [-0.05, 0) is 26.2 Å². The van der Waals surface area contributed by atoms with Crippen molar-refractivity contribution in [1.29, 1.82) is 0 Å². The zero-order valence-electron chi connectivity index (χ0n) is 11.4. The molecule has 1 aliphatic carbocycles. The fourth-order valence-electron chi connectivity index (χ4n) is 3.29. The van der Waals surface area contributed by atoms with E-state index in [4.69, 9.17) is 4.74 Å². The van der Waals surface area contributed by atoms with Crippen LogP contribution in [0.5, 0.6) is 0 Å². The molecule has 1 spiro atoms. The molecule has 2 N–H and O–H groups in total. The highest BCUT2D eigenvalue weighted by atomic mass is 16.5. The fraction of sp³-hybridized carbons (Fsp3) is 0.846. The normalized spacial score (nSPS) is 29.4. The van der Waals surface area contributed by atoms with Crippen LogP contribution in [0.3, 0.4) is 0 Å². The van der Waals surface area contributed by atoms with Crippen molar-refractivity contribution < 1.29 is 9.84 Å². The van der Waals surface area contributed by atoms with E-state index >= 15 is 0 Å². The second kappa shape index (κ2) is 5.19. The molecular formula is C13H22N4O2. The molecule has 1 aliphatic heterocycles. The predicted molar refractivity (Wildman–Crippen MR) is 69.4 cm³/mol. The molecule has 2 aliphatic rings. The molecule has 6 heteroatoms. The zero-order chi connectivity index (χ0) is 13.3. The van der Waals surface area contributed by atoms with E-state index in [-0.39, 0.29) is 11.5 Å². The molecular weight excluding hydrogens is 244 g/mol. The van der Waals surface area contributed by atoms with Crippen molar-refractivity contribution in [2.45, 2.75) is 51.4 Å². The van der Waals surface area contributed by atoms with E-state index < -0.39 is 0 Å². The monoisotopic (exact) mass is 266 g/mol. The lowest BCUT2D eigenvalue weighted by molar-refractivity contribution is -0.149. The minimum atomic E-state index is -0.180. The molecule has 1 aromatic rings. The molecule has 3 rings (SSSR count). The van der Waals surface area contributed by atoms with Crippen LogP contribution < -0.4 is 5.32 Å². The Morgan fingerprint density at radius 2 is 2.32 bits per heavy atom. The van der Waals surface area contributed by atoms with Crippen LogP contribution in [-0.4, -0.2) is 45.5 Å². The molecule has 6 nitrogen and oxygen atoms in total. The van der Waals surface area contributed by atoms with Gasteiger partial charge >= 0.3 is 0 Å². The lowest BCUT2D eigenvalue weighted by Gasteiger charge is -2.55.